The molecule has 0 aromatic rings. The van der Waals surface area contributed by atoms with Crippen LogP contribution in [0.2, 0.25) is 0 Å². The number of thioether (sulfide) groups is 1. The highest BCUT2D eigenvalue weighted by Gasteiger charge is 2.20. The van der Waals surface area contributed by atoms with Crippen LogP contribution in [-0.2, 0) is 4.74 Å². The average Bonchev–Trinajstić information content (AvgIpc) is 2.25. The highest BCUT2D eigenvalue weighted by atomic mass is 32.2. The quantitative estimate of drug-likeness (QED) is 0.704. The highest BCUT2D eigenvalue weighted by Crippen LogP contribution is 2.29. The van der Waals surface area contributed by atoms with Gasteiger partial charge in [0.2, 0.25) is 0 Å². The molecule has 0 radical (unpaired) electrons. The van der Waals surface area contributed by atoms with Crippen molar-refractivity contribution in [2.45, 2.75) is 57.3 Å². The lowest BCUT2D eigenvalue weighted by Gasteiger charge is -2.24. The third kappa shape index (κ3) is 6.10. The first-order valence-electron chi connectivity index (χ1n) is 6.20. The molecule has 17 heavy (non-hydrogen) atoms. The van der Waals surface area contributed by atoms with Gasteiger partial charge in [-0.25, -0.2) is 4.79 Å². The van der Waals surface area contributed by atoms with Gasteiger partial charge in [0.05, 0.1) is 0 Å². The maximum absolute atomic E-state index is 11.4. The van der Waals surface area contributed by atoms with Gasteiger partial charge in [-0.05, 0) is 58.6 Å². The molecule has 1 aliphatic rings. The van der Waals surface area contributed by atoms with E-state index in [0.29, 0.717) is 5.92 Å². The molecule has 0 unspecified atom stereocenters. The molecule has 1 rings (SSSR count). The van der Waals surface area contributed by atoms with E-state index >= 15 is 0 Å². The van der Waals surface area contributed by atoms with Crippen LogP contribution in [0.15, 0.2) is 4.99 Å². The summed E-state index contributed by atoms with van der Waals surface area (Å²) in [5, 5.41) is 0.793. The van der Waals surface area contributed by atoms with Gasteiger partial charge in [0.25, 0.3) is 0 Å². The van der Waals surface area contributed by atoms with Gasteiger partial charge < -0.3 is 4.74 Å². The second-order valence-corrected chi connectivity index (χ2v) is 6.67. The van der Waals surface area contributed by atoms with E-state index in [1.807, 2.05) is 32.5 Å². The van der Waals surface area contributed by atoms with E-state index in [0.717, 1.165) is 18.1 Å². The van der Waals surface area contributed by atoms with E-state index in [1.54, 1.807) is 6.21 Å². The number of nitrogens with zero attached hydrogens (tertiary/aromatic N) is 1. The lowest BCUT2D eigenvalue weighted by Crippen LogP contribution is -2.22. The largest absolute Gasteiger partial charge is 0.442 e. The summed E-state index contributed by atoms with van der Waals surface area (Å²) in [6.45, 7) is 5.55. The second-order valence-electron chi connectivity index (χ2n) is 5.53. The highest BCUT2D eigenvalue weighted by molar-refractivity contribution is 7.99. The van der Waals surface area contributed by atoms with Crippen LogP contribution < -0.4 is 0 Å². The first kappa shape index (κ1) is 14.6. The van der Waals surface area contributed by atoms with Gasteiger partial charge in [-0.15, -0.1) is 0 Å². The lowest BCUT2D eigenvalue weighted by molar-refractivity contribution is 0.0604. The van der Waals surface area contributed by atoms with Crippen LogP contribution in [0.5, 0.6) is 0 Å². The Morgan fingerprint density at radius 1 is 1.29 bits per heavy atom. The van der Waals surface area contributed by atoms with Gasteiger partial charge in [-0.3, -0.25) is 0 Å². The van der Waals surface area contributed by atoms with Crippen molar-refractivity contribution in [3.63, 3.8) is 0 Å². The number of hydrogen-bond acceptors (Lipinski definition) is 3. The van der Waals surface area contributed by atoms with Crippen LogP contribution in [0, 0.1) is 5.92 Å². The van der Waals surface area contributed by atoms with Crippen molar-refractivity contribution in [2.24, 2.45) is 10.9 Å². The van der Waals surface area contributed by atoms with Gasteiger partial charge in [0.15, 0.2) is 0 Å². The fraction of sp³-hybridized carbons (Fsp3) is 0.846. The normalized spacial score (nSPS) is 26.1. The second kappa shape index (κ2) is 6.43. The molecule has 1 saturated carbocycles. The molecule has 1 amide bonds. The van der Waals surface area contributed by atoms with Crippen molar-refractivity contribution < 1.29 is 9.53 Å². The minimum Gasteiger partial charge on any atom is -0.442 e. The summed E-state index contributed by atoms with van der Waals surface area (Å²) in [5.41, 5.74) is -0.453. The molecule has 0 aromatic carbocycles. The molecule has 4 heteroatoms. The minimum atomic E-state index is -0.468. The predicted molar refractivity (Wildman–Crippen MR) is 74.0 cm³/mol. The van der Waals surface area contributed by atoms with Gasteiger partial charge in [0.1, 0.15) is 5.60 Å². The lowest BCUT2D eigenvalue weighted by atomic mass is 9.90. The Bertz CT molecular complexity index is 276. The molecule has 0 aliphatic heterocycles. The zero-order valence-electron chi connectivity index (χ0n) is 11.2. The Morgan fingerprint density at radius 2 is 1.88 bits per heavy atom. The summed E-state index contributed by atoms with van der Waals surface area (Å²) < 4.78 is 5.13. The maximum Gasteiger partial charge on any atom is 0.433 e. The summed E-state index contributed by atoms with van der Waals surface area (Å²) in [6, 6.07) is 0. The first-order chi connectivity index (χ1) is 7.90. The summed E-state index contributed by atoms with van der Waals surface area (Å²) in [7, 11) is 0. The average molecular weight is 257 g/mol. The molecule has 0 bridgehead atoms. The first-order valence-corrected chi connectivity index (χ1v) is 7.49. The molecule has 0 atom stereocenters. The monoisotopic (exact) mass is 257 g/mol. The molecule has 1 fully saturated rings. The van der Waals surface area contributed by atoms with E-state index < -0.39 is 11.7 Å². The molecule has 0 heterocycles. The van der Waals surface area contributed by atoms with Crippen LogP contribution in [-0.4, -0.2) is 29.4 Å². The van der Waals surface area contributed by atoms with Crippen molar-refractivity contribution in [1.29, 1.82) is 0 Å². The van der Waals surface area contributed by atoms with Gasteiger partial charge in [0, 0.05) is 11.5 Å². The molecule has 0 saturated heterocycles. The molecular weight excluding hydrogens is 234 g/mol. The van der Waals surface area contributed by atoms with Crippen molar-refractivity contribution >= 4 is 24.1 Å². The van der Waals surface area contributed by atoms with E-state index in [4.69, 9.17) is 4.74 Å². The van der Waals surface area contributed by atoms with E-state index in [9.17, 15) is 4.79 Å². The number of ether oxygens (including phenoxy) is 1. The van der Waals surface area contributed by atoms with Crippen molar-refractivity contribution in [3.8, 4) is 0 Å². The number of aliphatic imine (C=N–C) groups is 1. The fourth-order valence-electron chi connectivity index (χ4n) is 1.93. The minimum absolute atomic E-state index is 0.450. The molecule has 3 nitrogen and oxygen atoms in total. The molecular formula is C13H23NO2S. The van der Waals surface area contributed by atoms with Gasteiger partial charge >= 0.3 is 6.09 Å². The molecule has 1 aliphatic carbocycles. The molecule has 0 spiro atoms. The SMILES string of the molecule is CSC1CCC(C=NC(=O)OC(C)(C)C)CC1. The van der Waals surface area contributed by atoms with Crippen LogP contribution in [0.25, 0.3) is 0 Å². The van der Waals surface area contributed by atoms with Crippen molar-refractivity contribution in [2.75, 3.05) is 6.26 Å². The Kier molecular flexibility index (Phi) is 5.50. The number of carbonyl (C=O) groups excluding carboxylic acids is 1. The zero-order valence-corrected chi connectivity index (χ0v) is 12.0. The van der Waals surface area contributed by atoms with E-state index in [1.165, 1.54) is 12.8 Å². The Morgan fingerprint density at radius 3 is 2.35 bits per heavy atom. The standard InChI is InChI=1S/C13H23NO2S/c1-13(2,3)16-12(15)14-9-10-5-7-11(17-4)8-6-10/h9-11H,5-8H2,1-4H3. The smallest absolute Gasteiger partial charge is 0.433 e. The zero-order chi connectivity index (χ0) is 12.9. The van der Waals surface area contributed by atoms with Crippen LogP contribution in [0.1, 0.15) is 46.5 Å². The summed E-state index contributed by atoms with van der Waals surface area (Å²) in [6.07, 6.45) is 8.21. The molecule has 98 valence electrons. The Balaban J connectivity index is 2.32. The van der Waals surface area contributed by atoms with E-state index in [2.05, 4.69) is 11.2 Å². The predicted octanol–water partition coefficient (Wildman–Crippen LogP) is 3.91. The Hall–Kier alpha value is -0.510. The number of hydrogen-bond donors (Lipinski definition) is 0. The van der Waals surface area contributed by atoms with Crippen LogP contribution in [0.3, 0.4) is 0 Å². The number of carbonyl (C=O) groups is 1. The van der Waals surface area contributed by atoms with Crippen molar-refractivity contribution in [1.82, 2.24) is 0 Å². The molecule has 0 N–H and O–H groups in total. The summed E-state index contributed by atoms with van der Waals surface area (Å²) >= 11 is 1.94. The fourth-order valence-corrected chi connectivity index (χ4v) is 2.67. The summed E-state index contributed by atoms with van der Waals surface area (Å²) in [5.74, 6) is 0.450. The number of amides is 1. The maximum atomic E-state index is 11.4. The number of rotatable bonds is 2. The van der Waals surface area contributed by atoms with E-state index in [-0.39, 0.29) is 0 Å². The van der Waals surface area contributed by atoms with Crippen LogP contribution >= 0.6 is 11.8 Å². The molecule has 0 aromatic heterocycles. The Labute approximate surface area is 108 Å². The van der Waals surface area contributed by atoms with Crippen LogP contribution in [0.4, 0.5) is 4.79 Å². The van der Waals surface area contributed by atoms with Gasteiger partial charge in [-0.1, -0.05) is 0 Å². The van der Waals surface area contributed by atoms with Crippen molar-refractivity contribution in [3.05, 3.63) is 0 Å². The third-order valence-corrected chi connectivity index (χ3v) is 3.97. The third-order valence-electron chi connectivity index (χ3n) is 2.84. The van der Waals surface area contributed by atoms with Gasteiger partial charge in [-0.2, -0.15) is 16.8 Å². The topological polar surface area (TPSA) is 38.7 Å². The summed E-state index contributed by atoms with van der Waals surface area (Å²) in [4.78, 5) is 15.3.